The van der Waals surface area contributed by atoms with Crippen molar-refractivity contribution in [1.82, 2.24) is 4.90 Å². The van der Waals surface area contributed by atoms with E-state index in [-0.39, 0.29) is 0 Å². The SMILES string of the molecule is CC(C)(CN)CCN1CCCC(C)(C)CC1. The molecule has 0 aromatic rings. The molecular formula is C14H30N2. The summed E-state index contributed by atoms with van der Waals surface area (Å²) in [5.74, 6) is 0. The molecule has 0 aromatic heterocycles. The van der Waals surface area contributed by atoms with Crippen LogP contribution in [0.1, 0.15) is 53.4 Å². The zero-order valence-corrected chi connectivity index (χ0v) is 11.7. The summed E-state index contributed by atoms with van der Waals surface area (Å²) in [6.45, 7) is 13.9. The van der Waals surface area contributed by atoms with E-state index in [0.29, 0.717) is 10.8 Å². The fourth-order valence-electron chi connectivity index (χ4n) is 2.27. The van der Waals surface area contributed by atoms with Crippen LogP contribution in [0.2, 0.25) is 0 Å². The van der Waals surface area contributed by atoms with Crippen LogP contribution in [0.3, 0.4) is 0 Å². The van der Waals surface area contributed by atoms with E-state index in [1.54, 1.807) is 0 Å². The van der Waals surface area contributed by atoms with E-state index in [1.165, 1.54) is 45.3 Å². The van der Waals surface area contributed by atoms with E-state index < -0.39 is 0 Å². The second-order valence-corrected chi connectivity index (χ2v) is 6.98. The Morgan fingerprint density at radius 1 is 1.19 bits per heavy atom. The molecule has 0 aromatic carbocycles. The monoisotopic (exact) mass is 226 g/mol. The van der Waals surface area contributed by atoms with Crippen molar-refractivity contribution < 1.29 is 0 Å². The Kier molecular flexibility index (Phi) is 4.81. The molecule has 0 aliphatic carbocycles. The van der Waals surface area contributed by atoms with E-state index in [1.807, 2.05) is 0 Å². The highest BCUT2D eigenvalue weighted by Gasteiger charge is 2.24. The number of nitrogens with zero attached hydrogens (tertiary/aromatic N) is 1. The molecule has 0 spiro atoms. The van der Waals surface area contributed by atoms with Crippen LogP contribution in [0, 0.1) is 10.8 Å². The largest absolute Gasteiger partial charge is 0.330 e. The van der Waals surface area contributed by atoms with Crippen LogP contribution in [0.15, 0.2) is 0 Å². The summed E-state index contributed by atoms with van der Waals surface area (Å²) in [5.41, 5.74) is 6.64. The van der Waals surface area contributed by atoms with Gasteiger partial charge >= 0.3 is 0 Å². The Labute approximate surface area is 102 Å². The van der Waals surface area contributed by atoms with Crippen molar-refractivity contribution in [3.63, 3.8) is 0 Å². The minimum absolute atomic E-state index is 0.307. The maximum absolute atomic E-state index is 5.78. The maximum Gasteiger partial charge on any atom is -0.00132 e. The fourth-order valence-corrected chi connectivity index (χ4v) is 2.27. The van der Waals surface area contributed by atoms with Gasteiger partial charge in [0.25, 0.3) is 0 Å². The summed E-state index contributed by atoms with van der Waals surface area (Å²) < 4.78 is 0. The van der Waals surface area contributed by atoms with Gasteiger partial charge < -0.3 is 10.6 Å². The van der Waals surface area contributed by atoms with E-state index in [4.69, 9.17) is 5.73 Å². The third-order valence-corrected chi connectivity index (χ3v) is 4.09. The first-order valence-corrected chi connectivity index (χ1v) is 6.77. The Morgan fingerprint density at radius 2 is 1.88 bits per heavy atom. The highest BCUT2D eigenvalue weighted by Crippen LogP contribution is 2.30. The summed E-state index contributed by atoms with van der Waals surface area (Å²) in [4.78, 5) is 2.63. The molecule has 0 radical (unpaired) electrons. The number of rotatable bonds is 4. The lowest BCUT2D eigenvalue weighted by atomic mass is 9.85. The van der Waals surface area contributed by atoms with Gasteiger partial charge in [0.2, 0.25) is 0 Å². The predicted octanol–water partition coefficient (Wildman–Crippen LogP) is 2.87. The molecule has 2 heteroatoms. The molecule has 1 fully saturated rings. The Hall–Kier alpha value is -0.0800. The Balaban J connectivity index is 2.33. The molecule has 2 N–H and O–H groups in total. The molecule has 16 heavy (non-hydrogen) atoms. The van der Waals surface area contributed by atoms with Crippen LogP contribution in [0.5, 0.6) is 0 Å². The lowest BCUT2D eigenvalue weighted by Crippen LogP contribution is -2.32. The third kappa shape index (κ3) is 4.84. The Bertz CT molecular complexity index is 209. The smallest absolute Gasteiger partial charge is 0.00132 e. The van der Waals surface area contributed by atoms with Gasteiger partial charge in [-0.15, -0.1) is 0 Å². The third-order valence-electron chi connectivity index (χ3n) is 4.09. The second kappa shape index (κ2) is 5.50. The first kappa shape index (κ1) is 14.0. The van der Waals surface area contributed by atoms with Crippen LogP contribution < -0.4 is 5.73 Å². The van der Waals surface area contributed by atoms with Crippen molar-refractivity contribution >= 4 is 0 Å². The van der Waals surface area contributed by atoms with Crippen molar-refractivity contribution in [1.29, 1.82) is 0 Å². The molecule has 0 saturated carbocycles. The zero-order valence-electron chi connectivity index (χ0n) is 11.7. The minimum Gasteiger partial charge on any atom is -0.330 e. The number of hydrogen-bond acceptors (Lipinski definition) is 2. The lowest BCUT2D eigenvalue weighted by molar-refractivity contribution is 0.218. The molecule has 1 aliphatic rings. The molecule has 1 heterocycles. The van der Waals surface area contributed by atoms with Gasteiger partial charge in [0.15, 0.2) is 0 Å². The molecule has 1 rings (SSSR count). The highest BCUT2D eigenvalue weighted by atomic mass is 15.1. The molecule has 0 unspecified atom stereocenters. The van der Waals surface area contributed by atoms with Gasteiger partial charge in [-0.2, -0.15) is 0 Å². The van der Waals surface area contributed by atoms with Gasteiger partial charge in [-0.25, -0.2) is 0 Å². The van der Waals surface area contributed by atoms with Crippen molar-refractivity contribution in [2.45, 2.75) is 53.4 Å². The van der Waals surface area contributed by atoms with E-state index in [2.05, 4.69) is 32.6 Å². The standard InChI is InChI=1S/C14H30N2/c1-13(2)6-5-9-16(10-7-13)11-8-14(3,4)12-15/h5-12,15H2,1-4H3. The fraction of sp³-hybridized carbons (Fsp3) is 1.00. The zero-order chi connectivity index (χ0) is 12.2. The summed E-state index contributed by atoms with van der Waals surface area (Å²) in [7, 11) is 0. The molecule has 0 bridgehead atoms. The molecule has 2 nitrogen and oxygen atoms in total. The quantitative estimate of drug-likeness (QED) is 0.798. The average Bonchev–Trinajstić information content (AvgIpc) is 2.37. The molecule has 1 aliphatic heterocycles. The van der Waals surface area contributed by atoms with Gasteiger partial charge in [0, 0.05) is 0 Å². The minimum atomic E-state index is 0.307. The first-order valence-electron chi connectivity index (χ1n) is 6.77. The second-order valence-electron chi connectivity index (χ2n) is 6.98. The van der Waals surface area contributed by atoms with Crippen molar-refractivity contribution in [2.24, 2.45) is 16.6 Å². The van der Waals surface area contributed by atoms with E-state index in [9.17, 15) is 0 Å². The first-order chi connectivity index (χ1) is 7.35. The van der Waals surface area contributed by atoms with Gasteiger partial charge in [-0.3, -0.25) is 0 Å². The summed E-state index contributed by atoms with van der Waals surface area (Å²) >= 11 is 0. The summed E-state index contributed by atoms with van der Waals surface area (Å²) in [6, 6.07) is 0. The van der Waals surface area contributed by atoms with Crippen molar-refractivity contribution in [2.75, 3.05) is 26.2 Å². The topological polar surface area (TPSA) is 29.3 Å². The van der Waals surface area contributed by atoms with Crippen molar-refractivity contribution in [3.8, 4) is 0 Å². The van der Waals surface area contributed by atoms with Crippen LogP contribution in [0.4, 0.5) is 0 Å². The Morgan fingerprint density at radius 3 is 2.50 bits per heavy atom. The summed E-state index contributed by atoms with van der Waals surface area (Å²) in [5, 5.41) is 0. The molecule has 0 amide bonds. The van der Waals surface area contributed by atoms with Crippen LogP contribution in [-0.2, 0) is 0 Å². The molecule has 0 atom stereocenters. The number of hydrogen-bond donors (Lipinski definition) is 1. The van der Waals surface area contributed by atoms with Crippen LogP contribution >= 0.6 is 0 Å². The average molecular weight is 226 g/mol. The van der Waals surface area contributed by atoms with Gasteiger partial charge in [0.05, 0.1) is 0 Å². The summed E-state index contributed by atoms with van der Waals surface area (Å²) in [6.07, 6.45) is 5.31. The highest BCUT2D eigenvalue weighted by molar-refractivity contribution is 4.78. The lowest BCUT2D eigenvalue weighted by Gasteiger charge is -2.28. The maximum atomic E-state index is 5.78. The molecule has 1 saturated heterocycles. The van der Waals surface area contributed by atoms with Crippen molar-refractivity contribution in [3.05, 3.63) is 0 Å². The van der Waals surface area contributed by atoms with Crippen LogP contribution in [-0.4, -0.2) is 31.1 Å². The van der Waals surface area contributed by atoms with Gasteiger partial charge in [-0.1, -0.05) is 27.7 Å². The predicted molar refractivity (Wildman–Crippen MR) is 71.5 cm³/mol. The molecule has 96 valence electrons. The van der Waals surface area contributed by atoms with E-state index >= 15 is 0 Å². The van der Waals surface area contributed by atoms with Crippen LogP contribution in [0.25, 0.3) is 0 Å². The van der Waals surface area contributed by atoms with Gasteiger partial charge in [-0.05, 0) is 62.7 Å². The number of nitrogens with two attached hydrogens (primary N) is 1. The van der Waals surface area contributed by atoms with Gasteiger partial charge in [0.1, 0.15) is 0 Å². The number of likely N-dealkylation sites (tertiary alicyclic amines) is 1. The normalized spacial score (nSPS) is 23.1. The van der Waals surface area contributed by atoms with E-state index in [0.717, 1.165) is 6.54 Å². The molecular weight excluding hydrogens is 196 g/mol.